The Hall–Kier alpha value is -1.61. The van der Waals surface area contributed by atoms with Crippen molar-refractivity contribution in [1.29, 1.82) is 0 Å². The van der Waals surface area contributed by atoms with Crippen LogP contribution in [-0.2, 0) is 6.54 Å². The Bertz CT molecular complexity index is 557. The molecule has 1 saturated carbocycles. The van der Waals surface area contributed by atoms with Crippen molar-refractivity contribution >= 4 is 0 Å². The summed E-state index contributed by atoms with van der Waals surface area (Å²) in [6, 6.07) is 9.42. The van der Waals surface area contributed by atoms with Gasteiger partial charge in [0.2, 0.25) is 0 Å². The van der Waals surface area contributed by atoms with Crippen LogP contribution in [0.25, 0.3) is 0 Å². The molecule has 0 radical (unpaired) electrons. The molecule has 3 rings (SSSR count). The molecule has 1 aromatic carbocycles. The molecule has 100 valence electrons. The number of nitrogens with one attached hydrogen (secondary N) is 1. The molecule has 0 bridgehead atoms. The van der Waals surface area contributed by atoms with Gasteiger partial charge in [-0.25, -0.2) is 4.39 Å². The topological polar surface area (TPSA) is 17.0 Å². The summed E-state index contributed by atoms with van der Waals surface area (Å²) in [5, 5.41) is 3.39. The molecule has 1 unspecified atom stereocenters. The zero-order chi connectivity index (χ0) is 13.2. The lowest BCUT2D eigenvalue weighted by Crippen LogP contribution is -2.17. The van der Waals surface area contributed by atoms with E-state index in [4.69, 9.17) is 0 Å². The Morgan fingerprint density at radius 2 is 2.21 bits per heavy atom. The third kappa shape index (κ3) is 2.87. The number of hydrogen-bond acceptors (Lipinski definition) is 1. The van der Waals surface area contributed by atoms with Gasteiger partial charge in [-0.2, -0.15) is 0 Å². The molecular formula is C16H19FN2. The summed E-state index contributed by atoms with van der Waals surface area (Å²) in [5.74, 6) is 0.617. The monoisotopic (exact) mass is 258 g/mol. The first-order valence-corrected chi connectivity index (χ1v) is 6.83. The van der Waals surface area contributed by atoms with Crippen LogP contribution >= 0.6 is 0 Å². The molecule has 0 spiro atoms. The summed E-state index contributed by atoms with van der Waals surface area (Å²) in [7, 11) is 2.02. The molecule has 2 aromatic rings. The molecule has 1 aliphatic rings. The number of halogens is 1. The van der Waals surface area contributed by atoms with E-state index in [2.05, 4.69) is 28.3 Å². The van der Waals surface area contributed by atoms with Crippen molar-refractivity contribution in [3.8, 4) is 0 Å². The van der Waals surface area contributed by atoms with Gasteiger partial charge in [0, 0.05) is 25.0 Å². The zero-order valence-electron chi connectivity index (χ0n) is 11.1. The van der Waals surface area contributed by atoms with Crippen LogP contribution in [-0.4, -0.2) is 11.6 Å². The van der Waals surface area contributed by atoms with Crippen molar-refractivity contribution in [3.63, 3.8) is 0 Å². The van der Waals surface area contributed by atoms with Crippen LogP contribution in [0.15, 0.2) is 42.7 Å². The van der Waals surface area contributed by atoms with Crippen molar-refractivity contribution in [1.82, 2.24) is 9.88 Å². The van der Waals surface area contributed by atoms with Gasteiger partial charge in [0.1, 0.15) is 5.82 Å². The van der Waals surface area contributed by atoms with E-state index < -0.39 is 0 Å². The van der Waals surface area contributed by atoms with E-state index in [1.807, 2.05) is 13.1 Å². The average molecular weight is 258 g/mol. The molecule has 1 fully saturated rings. The zero-order valence-corrected chi connectivity index (χ0v) is 11.1. The summed E-state index contributed by atoms with van der Waals surface area (Å²) in [5.41, 5.74) is 2.33. The summed E-state index contributed by atoms with van der Waals surface area (Å²) in [6.45, 7) is 0.721. The van der Waals surface area contributed by atoms with Gasteiger partial charge < -0.3 is 9.88 Å². The fraction of sp³-hybridized carbons (Fsp3) is 0.375. The van der Waals surface area contributed by atoms with Crippen molar-refractivity contribution < 1.29 is 4.39 Å². The number of hydrogen-bond donors (Lipinski definition) is 1. The van der Waals surface area contributed by atoms with Gasteiger partial charge in [-0.05, 0) is 55.1 Å². The highest BCUT2D eigenvalue weighted by Gasteiger charge is 2.31. The number of benzene rings is 1. The minimum atomic E-state index is -0.170. The Labute approximate surface area is 113 Å². The Morgan fingerprint density at radius 1 is 1.37 bits per heavy atom. The Kier molecular flexibility index (Phi) is 3.38. The van der Waals surface area contributed by atoms with Gasteiger partial charge in [-0.1, -0.05) is 12.1 Å². The van der Waals surface area contributed by atoms with Crippen molar-refractivity contribution in [2.24, 2.45) is 5.92 Å². The first kappa shape index (κ1) is 12.4. The summed E-state index contributed by atoms with van der Waals surface area (Å²) in [6.07, 6.45) is 6.89. The van der Waals surface area contributed by atoms with Crippen molar-refractivity contribution in [3.05, 3.63) is 59.7 Å². The molecule has 3 heteroatoms. The van der Waals surface area contributed by atoms with E-state index in [0.717, 1.165) is 18.0 Å². The maximum Gasteiger partial charge on any atom is 0.123 e. The van der Waals surface area contributed by atoms with Crippen molar-refractivity contribution in [2.45, 2.75) is 25.4 Å². The second-order valence-corrected chi connectivity index (χ2v) is 5.35. The predicted octanol–water partition coefficient (Wildman–Crippen LogP) is 3.35. The van der Waals surface area contributed by atoms with E-state index in [-0.39, 0.29) is 5.82 Å². The van der Waals surface area contributed by atoms with Crippen LogP contribution in [0.4, 0.5) is 4.39 Å². The Morgan fingerprint density at radius 3 is 2.89 bits per heavy atom. The van der Waals surface area contributed by atoms with E-state index in [9.17, 15) is 4.39 Å². The average Bonchev–Trinajstić information content (AvgIpc) is 3.12. The molecule has 0 amide bonds. The highest BCUT2D eigenvalue weighted by Crippen LogP contribution is 2.40. The van der Waals surface area contributed by atoms with Gasteiger partial charge in [0.05, 0.1) is 0 Å². The molecule has 1 aromatic heterocycles. The largest absolute Gasteiger partial charge is 0.350 e. The number of nitrogens with zero attached hydrogens (tertiary/aromatic N) is 1. The SMILES string of the molecule is CNC(c1ccn(Cc2cccc(F)c2)c1)C1CC1. The van der Waals surface area contributed by atoms with E-state index in [0.29, 0.717) is 6.04 Å². The Balaban J connectivity index is 1.74. The van der Waals surface area contributed by atoms with Crippen LogP contribution < -0.4 is 5.32 Å². The van der Waals surface area contributed by atoms with Crippen LogP contribution in [0, 0.1) is 11.7 Å². The minimum Gasteiger partial charge on any atom is -0.350 e. The summed E-state index contributed by atoms with van der Waals surface area (Å²) >= 11 is 0. The maximum atomic E-state index is 13.2. The van der Waals surface area contributed by atoms with Crippen LogP contribution in [0.1, 0.15) is 30.0 Å². The van der Waals surface area contributed by atoms with Gasteiger partial charge in [0.15, 0.2) is 0 Å². The molecule has 1 aliphatic carbocycles. The predicted molar refractivity (Wildman–Crippen MR) is 74.5 cm³/mol. The molecule has 2 nitrogen and oxygen atoms in total. The van der Waals surface area contributed by atoms with E-state index in [1.165, 1.54) is 24.5 Å². The third-order valence-corrected chi connectivity index (χ3v) is 3.79. The first-order valence-electron chi connectivity index (χ1n) is 6.83. The van der Waals surface area contributed by atoms with Gasteiger partial charge >= 0.3 is 0 Å². The van der Waals surface area contributed by atoms with Crippen LogP contribution in [0.3, 0.4) is 0 Å². The highest BCUT2D eigenvalue weighted by molar-refractivity contribution is 5.21. The molecule has 1 atom stereocenters. The van der Waals surface area contributed by atoms with Gasteiger partial charge in [0.25, 0.3) is 0 Å². The lowest BCUT2D eigenvalue weighted by Gasteiger charge is -2.13. The number of aromatic nitrogens is 1. The fourth-order valence-electron chi connectivity index (χ4n) is 2.69. The third-order valence-electron chi connectivity index (χ3n) is 3.79. The molecule has 0 saturated heterocycles. The van der Waals surface area contributed by atoms with Gasteiger partial charge in [-0.3, -0.25) is 0 Å². The quantitative estimate of drug-likeness (QED) is 0.870. The lowest BCUT2D eigenvalue weighted by atomic mass is 10.1. The van der Waals surface area contributed by atoms with Crippen molar-refractivity contribution in [2.75, 3.05) is 7.05 Å². The molecule has 1 heterocycles. The molecular weight excluding hydrogens is 239 g/mol. The number of rotatable bonds is 5. The van der Waals surface area contributed by atoms with E-state index in [1.54, 1.807) is 12.1 Å². The molecule has 19 heavy (non-hydrogen) atoms. The molecule has 0 aliphatic heterocycles. The second-order valence-electron chi connectivity index (χ2n) is 5.35. The smallest absolute Gasteiger partial charge is 0.123 e. The van der Waals surface area contributed by atoms with Crippen LogP contribution in [0.2, 0.25) is 0 Å². The maximum absolute atomic E-state index is 13.2. The summed E-state index contributed by atoms with van der Waals surface area (Å²) in [4.78, 5) is 0. The molecule has 1 N–H and O–H groups in total. The van der Waals surface area contributed by atoms with E-state index >= 15 is 0 Å². The van der Waals surface area contributed by atoms with Gasteiger partial charge in [-0.15, -0.1) is 0 Å². The first-order chi connectivity index (χ1) is 9.26. The highest BCUT2D eigenvalue weighted by atomic mass is 19.1. The lowest BCUT2D eigenvalue weighted by molar-refractivity contribution is 0.528. The van der Waals surface area contributed by atoms with Crippen LogP contribution in [0.5, 0.6) is 0 Å². The minimum absolute atomic E-state index is 0.170. The fourth-order valence-corrected chi connectivity index (χ4v) is 2.69. The standard InChI is InChI=1S/C16H19FN2/c1-18-16(13-5-6-13)14-7-8-19(11-14)10-12-3-2-4-15(17)9-12/h2-4,7-9,11,13,16,18H,5-6,10H2,1H3. The normalized spacial score (nSPS) is 16.5. The summed E-state index contributed by atoms with van der Waals surface area (Å²) < 4.78 is 15.3. The second kappa shape index (κ2) is 5.17.